The Morgan fingerprint density at radius 2 is 1.54 bits per heavy atom. The highest BCUT2D eigenvalue weighted by Gasteiger charge is 2.20. The number of pyridine rings is 1. The minimum atomic E-state index is -0.134. The molecule has 7 heteroatoms. The van der Waals surface area contributed by atoms with Gasteiger partial charge in [-0.3, -0.25) is 9.78 Å². The summed E-state index contributed by atoms with van der Waals surface area (Å²) in [4.78, 5) is 18.1. The van der Waals surface area contributed by atoms with E-state index in [-0.39, 0.29) is 23.7 Å². The Hall–Kier alpha value is -3.77. The molecule has 0 fully saturated rings. The third kappa shape index (κ3) is 5.96. The zero-order valence-corrected chi connectivity index (χ0v) is 24.0. The maximum absolute atomic E-state index is 13.1. The summed E-state index contributed by atoms with van der Waals surface area (Å²) in [6.45, 7) is 6.49. The van der Waals surface area contributed by atoms with Gasteiger partial charge in [0.1, 0.15) is 0 Å². The second-order valence-electron chi connectivity index (χ2n) is 10.8. The maximum Gasteiger partial charge on any atom is 0.255 e. The van der Waals surface area contributed by atoms with Crippen molar-refractivity contribution in [3.63, 3.8) is 0 Å². The lowest BCUT2D eigenvalue weighted by Crippen LogP contribution is -2.14. The van der Waals surface area contributed by atoms with Crippen LogP contribution in [0, 0.1) is 0 Å². The van der Waals surface area contributed by atoms with Gasteiger partial charge in [-0.1, -0.05) is 32.9 Å². The average Bonchev–Trinajstić information content (AvgIpc) is 2.92. The topological polar surface area (TPSA) is 72.5 Å². The molecule has 0 bridgehead atoms. The van der Waals surface area contributed by atoms with Crippen molar-refractivity contribution in [2.45, 2.75) is 51.9 Å². The number of fused-ring (bicyclic) bond motifs is 2. The second kappa shape index (κ2) is 11.5. The van der Waals surface area contributed by atoms with Gasteiger partial charge in [0.2, 0.25) is 0 Å². The zero-order chi connectivity index (χ0) is 26.9. The molecular formula is C32H36ClN3O3. The van der Waals surface area contributed by atoms with Crippen LogP contribution in [0.5, 0.6) is 11.5 Å². The lowest BCUT2D eigenvalue weighted by Gasteiger charge is -2.22. The molecule has 0 saturated carbocycles. The molecule has 0 aliphatic heterocycles. The molecule has 0 radical (unpaired) electrons. The molecule has 1 amide bonds. The number of rotatable bonds is 6. The number of hydrogen-bond donors (Lipinski definition) is 2. The summed E-state index contributed by atoms with van der Waals surface area (Å²) in [7, 11) is 3.27. The fourth-order valence-corrected chi connectivity index (χ4v) is 5.03. The number of aromatic nitrogens is 1. The molecule has 3 aromatic carbocycles. The number of methoxy groups -OCH3 is 2. The fourth-order valence-electron chi connectivity index (χ4n) is 5.03. The predicted molar refractivity (Wildman–Crippen MR) is 162 cm³/mol. The van der Waals surface area contributed by atoms with Gasteiger partial charge in [-0.25, -0.2) is 0 Å². The van der Waals surface area contributed by atoms with Crippen LogP contribution in [-0.4, -0.2) is 25.1 Å². The Morgan fingerprint density at radius 3 is 2.23 bits per heavy atom. The molecule has 39 heavy (non-hydrogen) atoms. The van der Waals surface area contributed by atoms with Crippen molar-refractivity contribution in [2.75, 3.05) is 24.9 Å². The van der Waals surface area contributed by atoms with Gasteiger partial charge in [-0.15, -0.1) is 12.4 Å². The van der Waals surface area contributed by atoms with E-state index in [2.05, 4.69) is 31.4 Å². The van der Waals surface area contributed by atoms with Gasteiger partial charge in [-0.05, 0) is 84.7 Å². The molecule has 4 aromatic rings. The van der Waals surface area contributed by atoms with Crippen LogP contribution >= 0.6 is 12.4 Å². The van der Waals surface area contributed by atoms with Gasteiger partial charge >= 0.3 is 0 Å². The van der Waals surface area contributed by atoms with Crippen LogP contribution in [0.1, 0.15) is 60.8 Å². The van der Waals surface area contributed by atoms with Crippen LogP contribution in [0.15, 0.2) is 60.7 Å². The van der Waals surface area contributed by atoms with Crippen molar-refractivity contribution in [3.8, 4) is 11.5 Å². The summed E-state index contributed by atoms with van der Waals surface area (Å²) in [5, 5.41) is 7.70. The van der Waals surface area contributed by atoms with Crippen molar-refractivity contribution in [2.24, 2.45) is 0 Å². The molecule has 1 aliphatic rings. The zero-order valence-electron chi connectivity index (χ0n) is 23.2. The summed E-state index contributed by atoms with van der Waals surface area (Å²) in [6, 6.07) is 19.6. The lowest BCUT2D eigenvalue weighted by molar-refractivity contribution is 0.102. The first-order valence-corrected chi connectivity index (χ1v) is 13.1. The summed E-state index contributed by atoms with van der Waals surface area (Å²) >= 11 is 0. The molecule has 1 aromatic heterocycles. The molecule has 5 rings (SSSR count). The third-order valence-corrected chi connectivity index (χ3v) is 7.19. The third-order valence-electron chi connectivity index (χ3n) is 7.19. The molecular weight excluding hydrogens is 510 g/mol. The summed E-state index contributed by atoms with van der Waals surface area (Å²) in [5.74, 6) is 1.21. The van der Waals surface area contributed by atoms with Crippen LogP contribution in [0.2, 0.25) is 0 Å². The average molecular weight is 546 g/mol. The Morgan fingerprint density at radius 1 is 0.846 bits per heavy atom. The van der Waals surface area contributed by atoms with E-state index < -0.39 is 0 Å². The minimum absolute atomic E-state index is 0. The minimum Gasteiger partial charge on any atom is -0.493 e. The number of carbonyl (C=O) groups excluding carboxylic acids is 1. The number of ether oxygens (including phenoxy) is 2. The predicted octanol–water partition coefficient (Wildman–Crippen LogP) is 7.85. The normalized spacial score (nSPS) is 12.7. The summed E-state index contributed by atoms with van der Waals surface area (Å²) in [5.41, 5.74) is 7.81. The van der Waals surface area contributed by atoms with Gasteiger partial charge in [-0.2, -0.15) is 0 Å². The highest BCUT2D eigenvalue weighted by atomic mass is 35.5. The van der Waals surface area contributed by atoms with Crippen LogP contribution in [-0.2, 0) is 18.3 Å². The molecule has 0 saturated heterocycles. The van der Waals surface area contributed by atoms with E-state index in [9.17, 15) is 4.79 Å². The standard InChI is InChI=1S/C32H35N3O3.ClH/c1-32(2,3)21-12-10-20(11-13-21)31(36)34-22-14-16-27-25(18-22)30(24-8-6-7-9-26(24)35-27)33-23-15-17-28(37-4)29(19-23)38-5;/h10-19H,6-9H2,1-5H3,(H,33,35)(H,34,36);1H. The number of carbonyl (C=O) groups is 1. The van der Waals surface area contributed by atoms with E-state index in [1.165, 1.54) is 11.1 Å². The van der Waals surface area contributed by atoms with E-state index in [1.54, 1.807) is 14.2 Å². The first kappa shape index (κ1) is 28.2. The Labute approximate surface area is 236 Å². The van der Waals surface area contributed by atoms with E-state index in [0.717, 1.165) is 59.3 Å². The fraction of sp³-hybridized carbons (Fsp3) is 0.312. The van der Waals surface area contributed by atoms with Crippen LogP contribution in [0.3, 0.4) is 0 Å². The molecule has 0 atom stereocenters. The van der Waals surface area contributed by atoms with Crippen LogP contribution in [0.25, 0.3) is 10.9 Å². The van der Waals surface area contributed by atoms with Crippen molar-refractivity contribution >= 4 is 46.3 Å². The van der Waals surface area contributed by atoms with Crippen molar-refractivity contribution in [1.29, 1.82) is 0 Å². The summed E-state index contributed by atoms with van der Waals surface area (Å²) < 4.78 is 10.9. The molecule has 0 spiro atoms. The Kier molecular flexibility index (Phi) is 8.36. The lowest BCUT2D eigenvalue weighted by atomic mass is 9.87. The first-order chi connectivity index (χ1) is 18.3. The van der Waals surface area contributed by atoms with E-state index >= 15 is 0 Å². The van der Waals surface area contributed by atoms with Gasteiger partial charge in [0.15, 0.2) is 11.5 Å². The molecule has 2 N–H and O–H groups in total. The highest BCUT2D eigenvalue weighted by Crippen LogP contribution is 2.38. The molecule has 204 valence electrons. The first-order valence-electron chi connectivity index (χ1n) is 13.1. The number of hydrogen-bond acceptors (Lipinski definition) is 5. The number of amides is 1. The Balaban J connectivity index is 0.00000353. The number of aryl methyl sites for hydroxylation is 1. The van der Waals surface area contributed by atoms with E-state index in [0.29, 0.717) is 17.1 Å². The van der Waals surface area contributed by atoms with Gasteiger partial charge < -0.3 is 20.1 Å². The maximum atomic E-state index is 13.1. The van der Waals surface area contributed by atoms with Crippen molar-refractivity contribution < 1.29 is 14.3 Å². The van der Waals surface area contributed by atoms with Gasteiger partial charge in [0, 0.05) is 34.1 Å². The monoisotopic (exact) mass is 545 g/mol. The smallest absolute Gasteiger partial charge is 0.255 e. The second-order valence-corrected chi connectivity index (χ2v) is 10.8. The van der Waals surface area contributed by atoms with E-state index in [4.69, 9.17) is 14.5 Å². The largest absolute Gasteiger partial charge is 0.493 e. The highest BCUT2D eigenvalue weighted by molar-refractivity contribution is 6.06. The molecule has 6 nitrogen and oxygen atoms in total. The SMILES string of the molecule is COc1ccc(Nc2c3c(nc4ccc(NC(=O)c5ccc(C(C)(C)C)cc5)cc24)CCCC3)cc1OC.Cl. The quantitative estimate of drug-likeness (QED) is 0.258. The molecule has 1 aliphatic carbocycles. The Bertz CT molecular complexity index is 1490. The van der Waals surface area contributed by atoms with Crippen LogP contribution in [0.4, 0.5) is 17.1 Å². The number of nitrogens with zero attached hydrogens (tertiary/aromatic N) is 1. The van der Waals surface area contributed by atoms with Crippen molar-refractivity contribution in [1.82, 2.24) is 4.98 Å². The number of benzene rings is 3. The number of anilines is 3. The van der Waals surface area contributed by atoms with Gasteiger partial charge in [0.25, 0.3) is 5.91 Å². The van der Waals surface area contributed by atoms with Gasteiger partial charge in [0.05, 0.1) is 25.4 Å². The number of halogens is 1. The summed E-state index contributed by atoms with van der Waals surface area (Å²) in [6.07, 6.45) is 4.20. The van der Waals surface area contributed by atoms with Crippen LogP contribution < -0.4 is 20.1 Å². The van der Waals surface area contributed by atoms with Crippen molar-refractivity contribution in [3.05, 3.63) is 83.0 Å². The number of nitrogens with one attached hydrogen (secondary N) is 2. The molecule has 1 heterocycles. The van der Waals surface area contributed by atoms with E-state index in [1.807, 2.05) is 60.7 Å². The molecule has 0 unspecified atom stereocenters.